The van der Waals surface area contributed by atoms with Gasteiger partial charge in [0.1, 0.15) is 0 Å². The van der Waals surface area contributed by atoms with Gasteiger partial charge in [0.05, 0.1) is 6.20 Å². The third-order valence-electron chi connectivity index (χ3n) is 2.88. The highest BCUT2D eigenvalue weighted by Crippen LogP contribution is 2.28. The van der Waals surface area contributed by atoms with E-state index in [0.29, 0.717) is 0 Å². The third kappa shape index (κ3) is 1.81. The molecule has 0 saturated carbocycles. The molecule has 0 aromatic carbocycles. The van der Waals surface area contributed by atoms with Crippen molar-refractivity contribution in [3.05, 3.63) is 18.0 Å². The number of hydrogen-bond donors (Lipinski definition) is 1. The summed E-state index contributed by atoms with van der Waals surface area (Å²) in [6.07, 6.45) is 6.78. The fourth-order valence-corrected chi connectivity index (χ4v) is 1.94. The molecule has 2 heterocycles. The number of aromatic nitrogens is 2. The minimum atomic E-state index is -0.231. The highest BCUT2D eigenvalue weighted by molar-refractivity contribution is 5.17. The van der Waals surface area contributed by atoms with Crippen LogP contribution >= 0.6 is 0 Å². The summed E-state index contributed by atoms with van der Waals surface area (Å²) in [5.41, 5.74) is 7.26. The van der Waals surface area contributed by atoms with Gasteiger partial charge in [0.25, 0.3) is 0 Å². The van der Waals surface area contributed by atoms with Crippen LogP contribution in [0.3, 0.4) is 0 Å². The summed E-state index contributed by atoms with van der Waals surface area (Å²) in [7, 11) is 1.92. The number of nitrogens with two attached hydrogens (primary N) is 1. The molecule has 1 aromatic heterocycles. The number of rotatable bonds is 1. The van der Waals surface area contributed by atoms with E-state index in [9.17, 15) is 0 Å². The molecular weight excluding hydrogens is 178 g/mol. The lowest BCUT2D eigenvalue weighted by molar-refractivity contribution is 0.139. The summed E-state index contributed by atoms with van der Waals surface area (Å²) in [5, 5.41) is 4.16. The largest absolute Gasteiger partial charge is 0.381 e. The maximum absolute atomic E-state index is 6.36. The van der Waals surface area contributed by atoms with Gasteiger partial charge < -0.3 is 10.5 Å². The van der Waals surface area contributed by atoms with Crippen molar-refractivity contribution >= 4 is 0 Å². The number of nitrogens with zero attached hydrogens (tertiary/aromatic N) is 2. The van der Waals surface area contributed by atoms with Crippen molar-refractivity contribution in [3.8, 4) is 0 Å². The van der Waals surface area contributed by atoms with Gasteiger partial charge in [-0.15, -0.1) is 0 Å². The van der Waals surface area contributed by atoms with Crippen LogP contribution in [0, 0.1) is 0 Å². The Balaban J connectivity index is 2.20. The standard InChI is InChI=1S/C10H17N3O/c1-13-8-9(7-12-13)10(11)3-2-5-14-6-4-10/h7-8H,2-6,11H2,1H3. The summed E-state index contributed by atoms with van der Waals surface area (Å²) in [6, 6.07) is 0. The van der Waals surface area contributed by atoms with Crippen LogP contribution in [0.15, 0.2) is 12.4 Å². The first-order valence-corrected chi connectivity index (χ1v) is 5.06. The van der Waals surface area contributed by atoms with Gasteiger partial charge in [0.2, 0.25) is 0 Å². The van der Waals surface area contributed by atoms with Crippen LogP contribution in [0.1, 0.15) is 24.8 Å². The van der Waals surface area contributed by atoms with Gasteiger partial charge in [-0.1, -0.05) is 0 Å². The van der Waals surface area contributed by atoms with Crippen LogP contribution < -0.4 is 5.73 Å². The number of aryl methyl sites for hydroxylation is 1. The molecule has 78 valence electrons. The molecule has 1 aromatic rings. The van der Waals surface area contributed by atoms with Crippen molar-refractivity contribution < 1.29 is 4.74 Å². The van der Waals surface area contributed by atoms with Gasteiger partial charge in [0, 0.05) is 37.6 Å². The van der Waals surface area contributed by atoms with Crippen molar-refractivity contribution in [3.63, 3.8) is 0 Å². The number of hydrogen-bond acceptors (Lipinski definition) is 3. The second-order valence-electron chi connectivity index (χ2n) is 4.02. The summed E-state index contributed by atoms with van der Waals surface area (Å²) in [4.78, 5) is 0. The van der Waals surface area contributed by atoms with E-state index in [1.165, 1.54) is 0 Å². The molecular formula is C10H17N3O. The first kappa shape index (κ1) is 9.68. The first-order chi connectivity index (χ1) is 6.71. The predicted molar refractivity (Wildman–Crippen MR) is 53.7 cm³/mol. The average molecular weight is 195 g/mol. The molecule has 4 nitrogen and oxygen atoms in total. The van der Waals surface area contributed by atoms with E-state index in [2.05, 4.69) is 5.10 Å². The molecule has 0 radical (unpaired) electrons. The van der Waals surface area contributed by atoms with E-state index in [1.54, 1.807) is 4.68 Å². The highest BCUT2D eigenvalue weighted by atomic mass is 16.5. The fraction of sp³-hybridized carbons (Fsp3) is 0.700. The van der Waals surface area contributed by atoms with Crippen LogP contribution in [0.25, 0.3) is 0 Å². The normalized spacial score (nSPS) is 28.7. The molecule has 1 saturated heterocycles. The van der Waals surface area contributed by atoms with Crippen LogP contribution in [-0.2, 0) is 17.3 Å². The van der Waals surface area contributed by atoms with E-state index in [1.807, 2.05) is 19.4 Å². The van der Waals surface area contributed by atoms with Crippen LogP contribution in [0.2, 0.25) is 0 Å². The Kier molecular flexibility index (Phi) is 2.56. The molecule has 4 heteroatoms. The Hall–Kier alpha value is -0.870. The van der Waals surface area contributed by atoms with Crippen molar-refractivity contribution in [2.45, 2.75) is 24.8 Å². The smallest absolute Gasteiger partial charge is 0.0540 e. The Labute approximate surface area is 84.0 Å². The Morgan fingerprint density at radius 2 is 2.36 bits per heavy atom. The zero-order valence-corrected chi connectivity index (χ0v) is 8.57. The Morgan fingerprint density at radius 1 is 1.50 bits per heavy atom. The van der Waals surface area contributed by atoms with Crippen molar-refractivity contribution in [1.29, 1.82) is 0 Å². The molecule has 2 rings (SSSR count). The lowest BCUT2D eigenvalue weighted by Crippen LogP contribution is -2.36. The van der Waals surface area contributed by atoms with Crippen molar-refractivity contribution in [2.24, 2.45) is 12.8 Å². The van der Waals surface area contributed by atoms with Gasteiger partial charge in [-0.3, -0.25) is 4.68 Å². The van der Waals surface area contributed by atoms with Crippen molar-refractivity contribution in [2.75, 3.05) is 13.2 Å². The second-order valence-corrected chi connectivity index (χ2v) is 4.02. The molecule has 1 aliphatic heterocycles. The predicted octanol–water partition coefficient (Wildman–Crippen LogP) is 0.775. The SMILES string of the molecule is Cn1cc(C2(N)CCCOCC2)cn1. The topological polar surface area (TPSA) is 53.1 Å². The van der Waals surface area contributed by atoms with E-state index >= 15 is 0 Å². The van der Waals surface area contributed by atoms with Gasteiger partial charge in [-0.05, 0) is 19.3 Å². The van der Waals surface area contributed by atoms with E-state index < -0.39 is 0 Å². The molecule has 1 aliphatic rings. The molecule has 1 unspecified atom stereocenters. The molecule has 0 amide bonds. The minimum Gasteiger partial charge on any atom is -0.381 e. The Morgan fingerprint density at radius 3 is 3.07 bits per heavy atom. The summed E-state index contributed by atoms with van der Waals surface area (Å²) < 4.78 is 7.21. The molecule has 0 spiro atoms. The highest BCUT2D eigenvalue weighted by Gasteiger charge is 2.29. The van der Waals surface area contributed by atoms with Crippen LogP contribution in [0.4, 0.5) is 0 Å². The molecule has 1 fully saturated rings. The summed E-state index contributed by atoms with van der Waals surface area (Å²) in [5.74, 6) is 0. The van der Waals surface area contributed by atoms with Crippen LogP contribution in [-0.4, -0.2) is 23.0 Å². The molecule has 0 bridgehead atoms. The summed E-state index contributed by atoms with van der Waals surface area (Å²) >= 11 is 0. The van der Waals surface area contributed by atoms with Gasteiger partial charge in [0.15, 0.2) is 0 Å². The molecule has 2 N–H and O–H groups in total. The maximum Gasteiger partial charge on any atom is 0.0540 e. The number of ether oxygens (including phenoxy) is 1. The van der Waals surface area contributed by atoms with Gasteiger partial charge >= 0.3 is 0 Å². The second kappa shape index (κ2) is 3.71. The average Bonchev–Trinajstić information content (AvgIpc) is 2.47. The lowest BCUT2D eigenvalue weighted by atomic mass is 9.86. The van der Waals surface area contributed by atoms with Crippen LogP contribution in [0.5, 0.6) is 0 Å². The zero-order valence-electron chi connectivity index (χ0n) is 8.57. The fourth-order valence-electron chi connectivity index (χ4n) is 1.94. The first-order valence-electron chi connectivity index (χ1n) is 5.06. The van der Waals surface area contributed by atoms with E-state index in [-0.39, 0.29) is 5.54 Å². The minimum absolute atomic E-state index is 0.231. The van der Waals surface area contributed by atoms with Gasteiger partial charge in [-0.25, -0.2) is 0 Å². The van der Waals surface area contributed by atoms with Crippen molar-refractivity contribution in [1.82, 2.24) is 9.78 Å². The van der Waals surface area contributed by atoms with Gasteiger partial charge in [-0.2, -0.15) is 5.10 Å². The zero-order chi connectivity index (χ0) is 10.0. The quantitative estimate of drug-likeness (QED) is 0.720. The lowest BCUT2D eigenvalue weighted by Gasteiger charge is -2.25. The molecule has 0 aliphatic carbocycles. The molecule has 14 heavy (non-hydrogen) atoms. The molecule has 1 atom stereocenters. The monoisotopic (exact) mass is 195 g/mol. The maximum atomic E-state index is 6.36. The summed E-state index contributed by atoms with van der Waals surface area (Å²) in [6.45, 7) is 1.59. The van der Waals surface area contributed by atoms with E-state index in [0.717, 1.165) is 38.0 Å². The third-order valence-corrected chi connectivity index (χ3v) is 2.88. The Bertz CT molecular complexity index is 300. The van der Waals surface area contributed by atoms with E-state index in [4.69, 9.17) is 10.5 Å².